The molecule has 0 aromatic rings. The number of nitrogens with zero attached hydrogens (tertiary/aromatic N) is 2. The lowest BCUT2D eigenvalue weighted by Crippen LogP contribution is -2.43. The maximum atomic E-state index is 12.2. The van der Waals surface area contributed by atoms with E-state index in [0.717, 1.165) is 32.0 Å². The Hall–Kier alpha value is -0.660. The highest BCUT2D eigenvalue weighted by Gasteiger charge is 2.30. The molecule has 6 nitrogen and oxygen atoms in total. The average Bonchev–Trinajstić information content (AvgIpc) is 2.56. The van der Waals surface area contributed by atoms with Gasteiger partial charge in [0.1, 0.15) is 0 Å². The van der Waals surface area contributed by atoms with Gasteiger partial charge in [-0.1, -0.05) is 0 Å². The maximum absolute atomic E-state index is 12.2. The first-order valence-corrected chi connectivity index (χ1v) is 10.5. The van der Waals surface area contributed by atoms with Crippen molar-refractivity contribution in [2.45, 2.75) is 39.0 Å². The molecule has 1 amide bonds. The van der Waals surface area contributed by atoms with Gasteiger partial charge < -0.3 is 10.2 Å². The second kappa shape index (κ2) is 8.44. The zero-order valence-corrected chi connectivity index (χ0v) is 15.3. The van der Waals surface area contributed by atoms with Gasteiger partial charge in [-0.2, -0.15) is 0 Å². The Bertz CT molecular complexity index is 479. The minimum absolute atomic E-state index is 0.0317. The van der Waals surface area contributed by atoms with E-state index in [-0.39, 0.29) is 17.6 Å². The summed E-state index contributed by atoms with van der Waals surface area (Å²) in [6.45, 7) is 5.68. The van der Waals surface area contributed by atoms with Crippen molar-refractivity contribution in [1.29, 1.82) is 0 Å². The minimum atomic E-state index is -3.11. The van der Waals surface area contributed by atoms with Crippen LogP contribution in [-0.2, 0) is 14.8 Å². The molecule has 0 saturated carbocycles. The molecule has 2 aliphatic rings. The van der Waals surface area contributed by atoms with Gasteiger partial charge in [-0.25, -0.2) is 12.7 Å². The van der Waals surface area contributed by atoms with Gasteiger partial charge in [0.25, 0.3) is 0 Å². The van der Waals surface area contributed by atoms with Crippen molar-refractivity contribution in [2.24, 2.45) is 11.8 Å². The summed E-state index contributed by atoms with van der Waals surface area (Å²) in [5.74, 6) is 0.936. The minimum Gasteiger partial charge on any atom is -0.356 e. The number of hydrogen-bond donors (Lipinski definition) is 1. The van der Waals surface area contributed by atoms with E-state index >= 15 is 0 Å². The molecule has 2 aliphatic heterocycles. The molecule has 0 atom stereocenters. The van der Waals surface area contributed by atoms with Crippen LogP contribution in [-0.4, -0.2) is 69.1 Å². The molecular formula is C16H31N3O3S. The van der Waals surface area contributed by atoms with Crippen molar-refractivity contribution in [2.75, 3.05) is 45.5 Å². The molecule has 134 valence electrons. The van der Waals surface area contributed by atoms with Crippen LogP contribution in [0.15, 0.2) is 0 Å². The highest BCUT2D eigenvalue weighted by Crippen LogP contribution is 2.21. The van der Waals surface area contributed by atoms with Gasteiger partial charge in [-0.15, -0.1) is 0 Å². The van der Waals surface area contributed by atoms with E-state index < -0.39 is 10.0 Å². The predicted molar refractivity (Wildman–Crippen MR) is 91.6 cm³/mol. The first-order chi connectivity index (χ1) is 10.9. The number of hydrogen-bond acceptors (Lipinski definition) is 4. The van der Waals surface area contributed by atoms with Crippen LogP contribution in [0.5, 0.6) is 0 Å². The van der Waals surface area contributed by atoms with E-state index in [1.807, 2.05) is 0 Å². The molecule has 2 fully saturated rings. The summed E-state index contributed by atoms with van der Waals surface area (Å²) in [4.78, 5) is 14.6. The van der Waals surface area contributed by atoms with Gasteiger partial charge in [0.05, 0.1) is 5.75 Å². The lowest BCUT2D eigenvalue weighted by atomic mass is 9.93. The number of rotatable bonds is 6. The third kappa shape index (κ3) is 5.43. The molecule has 0 bridgehead atoms. The normalized spacial score (nSPS) is 23.0. The van der Waals surface area contributed by atoms with Crippen molar-refractivity contribution >= 4 is 15.9 Å². The van der Waals surface area contributed by atoms with Crippen molar-refractivity contribution in [3.05, 3.63) is 0 Å². The Morgan fingerprint density at radius 3 is 2.26 bits per heavy atom. The van der Waals surface area contributed by atoms with Crippen molar-refractivity contribution in [3.63, 3.8) is 0 Å². The van der Waals surface area contributed by atoms with Gasteiger partial charge in [0.2, 0.25) is 15.9 Å². The summed E-state index contributed by atoms with van der Waals surface area (Å²) in [6.07, 6.45) is 4.78. The van der Waals surface area contributed by atoms with Gasteiger partial charge in [0.15, 0.2) is 0 Å². The molecule has 0 aromatic carbocycles. The quantitative estimate of drug-likeness (QED) is 0.776. The average molecular weight is 346 g/mol. The first-order valence-electron chi connectivity index (χ1n) is 8.86. The predicted octanol–water partition coefficient (Wildman–Crippen LogP) is 0.896. The summed E-state index contributed by atoms with van der Waals surface area (Å²) < 4.78 is 25.2. The fraction of sp³-hybridized carbons (Fsp3) is 0.938. The molecule has 0 spiro atoms. The molecular weight excluding hydrogens is 314 g/mol. The van der Waals surface area contributed by atoms with E-state index in [0.29, 0.717) is 25.9 Å². The molecule has 1 N–H and O–H groups in total. The Kier molecular flexibility index (Phi) is 6.85. The molecule has 7 heteroatoms. The van der Waals surface area contributed by atoms with Gasteiger partial charge >= 0.3 is 0 Å². The molecule has 2 heterocycles. The smallest absolute Gasteiger partial charge is 0.223 e. The lowest BCUT2D eigenvalue weighted by Gasteiger charge is -2.31. The summed E-state index contributed by atoms with van der Waals surface area (Å²) in [6, 6.07) is 0. The van der Waals surface area contributed by atoms with Crippen LogP contribution in [0.4, 0.5) is 0 Å². The fourth-order valence-electron chi connectivity index (χ4n) is 3.47. The van der Waals surface area contributed by atoms with Crippen molar-refractivity contribution in [3.8, 4) is 0 Å². The molecule has 0 aromatic heterocycles. The Balaban J connectivity index is 1.65. The van der Waals surface area contributed by atoms with Gasteiger partial charge in [-0.05, 0) is 65.1 Å². The number of nitrogens with one attached hydrogen (secondary N) is 1. The number of sulfonamides is 1. The van der Waals surface area contributed by atoms with Crippen LogP contribution in [0.25, 0.3) is 0 Å². The second-order valence-electron chi connectivity index (χ2n) is 6.90. The van der Waals surface area contributed by atoms with Crippen LogP contribution < -0.4 is 5.32 Å². The standard InChI is InChI=1S/C16H31N3O3S/c1-3-23(21,22)19-12-7-15(8-13-19)16(20)17-9-4-14-5-10-18(2)11-6-14/h14-15H,3-13H2,1-2H3,(H,17,20). The Labute approximate surface area is 140 Å². The maximum Gasteiger partial charge on any atom is 0.223 e. The molecule has 2 saturated heterocycles. The van der Waals surface area contributed by atoms with Gasteiger partial charge in [-0.3, -0.25) is 4.79 Å². The third-order valence-electron chi connectivity index (χ3n) is 5.27. The molecule has 2 rings (SSSR count). The number of likely N-dealkylation sites (tertiary alicyclic amines) is 1. The van der Waals surface area contributed by atoms with E-state index in [1.165, 1.54) is 17.1 Å². The Morgan fingerprint density at radius 1 is 1.09 bits per heavy atom. The molecule has 0 radical (unpaired) electrons. The summed E-state index contributed by atoms with van der Waals surface area (Å²) in [5, 5.41) is 3.06. The highest BCUT2D eigenvalue weighted by molar-refractivity contribution is 7.89. The third-order valence-corrected chi connectivity index (χ3v) is 7.15. The number of amides is 1. The van der Waals surface area contributed by atoms with E-state index in [9.17, 15) is 13.2 Å². The molecule has 0 unspecified atom stereocenters. The Morgan fingerprint density at radius 2 is 1.70 bits per heavy atom. The molecule has 23 heavy (non-hydrogen) atoms. The van der Waals surface area contributed by atoms with Crippen LogP contribution in [0.1, 0.15) is 39.0 Å². The van der Waals surface area contributed by atoms with Crippen LogP contribution >= 0.6 is 0 Å². The summed E-state index contributed by atoms with van der Waals surface area (Å²) in [5.41, 5.74) is 0. The number of piperidine rings is 2. The largest absolute Gasteiger partial charge is 0.356 e. The zero-order valence-electron chi connectivity index (χ0n) is 14.5. The number of carbonyl (C=O) groups is 1. The van der Waals surface area contributed by atoms with Gasteiger partial charge in [0, 0.05) is 25.6 Å². The fourth-order valence-corrected chi connectivity index (χ4v) is 4.61. The van der Waals surface area contributed by atoms with Crippen molar-refractivity contribution in [1.82, 2.24) is 14.5 Å². The van der Waals surface area contributed by atoms with E-state index in [4.69, 9.17) is 0 Å². The van der Waals surface area contributed by atoms with Crippen molar-refractivity contribution < 1.29 is 13.2 Å². The van der Waals surface area contributed by atoms with E-state index in [1.54, 1.807) is 6.92 Å². The first kappa shape index (κ1) is 18.7. The zero-order chi connectivity index (χ0) is 16.9. The number of carbonyl (C=O) groups excluding carboxylic acids is 1. The highest BCUT2D eigenvalue weighted by atomic mass is 32.2. The second-order valence-corrected chi connectivity index (χ2v) is 9.16. The van der Waals surface area contributed by atoms with Crippen LogP contribution in [0.2, 0.25) is 0 Å². The molecule has 0 aliphatic carbocycles. The SMILES string of the molecule is CCS(=O)(=O)N1CCC(C(=O)NCCC2CCN(C)CC2)CC1. The van der Waals surface area contributed by atoms with E-state index in [2.05, 4.69) is 17.3 Å². The summed E-state index contributed by atoms with van der Waals surface area (Å²) >= 11 is 0. The summed E-state index contributed by atoms with van der Waals surface area (Å²) in [7, 11) is -0.953. The van der Waals surface area contributed by atoms with Crippen LogP contribution in [0.3, 0.4) is 0 Å². The lowest BCUT2D eigenvalue weighted by molar-refractivity contribution is -0.126. The van der Waals surface area contributed by atoms with Crippen LogP contribution in [0, 0.1) is 11.8 Å². The topological polar surface area (TPSA) is 69.7 Å². The monoisotopic (exact) mass is 345 g/mol.